The molecule has 2 amide bonds. The molecule has 1 saturated carbocycles. The zero-order valence-corrected chi connectivity index (χ0v) is 25.1. The van der Waals surface area contributed by atoms with E-state index in [1.165, 1.54) is 17.0 Å². The number of aryl methyl sites for hydroxylation is 1. The lowest BCUT2D eigenvalue weighted by atomic mass is 10.1. The van der Waals surface area contributed by atoms with Gasteiger partial charge in [-0.15, -0.1) is 0 Å². The molecule has 0 unspecified atom stereocenters. The Morgan fingerprint density at radius 1 is 1.02 bits per heavy atom. The molecule has 1 fully saturated rings. The molecule has 4 rings (SSSR count). The molecule has 0 radical (unpaired) electrons. The topological polar surface area (TPSA) is 96.0 Å². The molecule has 0 spiro atoms. The highest BCUT2D eigenvalue weighted by Gasteiger charge is 2.34. The second-order valence-electron chi connectivity index (χ2n) is 10.3. The van der Waals surface area contributed by atoms with E-state index in [9.17, 15) is 18.0 Å². The van der Waals surface area contributed by atoms with Gasteiger partial charge in [0.1, 0.15) is 18.3 Å². The maximum atomic E-state index is 14.1. The molecule has 218 valence electrons. The average Bonchev–Trinajstić information content (AvgIpc) is 3.48. The third-order valence-electron chi connectivity index (χ3n) is 7.36. The molecule has 0 heterocycles. The summed E-state index contributed by atoms with van der Waals surface area (Å²) in [5.41, 5.74) is 1.81. The van der Waals surface area contributed by atoms with Gasteiger partial charge in [-0.3, -0.25) is 13.9 Å². The fraction of sp³-hybridized carbons (Fsp3) is 0.355. The Morgan fingerprint density at radius 3 is 2.37 bits per heavy atom. The summed E-state index contributed by atoms with van der Waals surface area (Å²) >= 11 is 6.46. The summed E-state index contributed by atoms with van der Waals surface area (Å²) in [6.07, 6.45) is 3.90. The second kappa shape index (κ2) is 13.4. The normalized spacial score (nSPS) is 14.3. The minimum Gasteiger partial charge on any atom is -0.497 e. The van der Waals surface area contributed by atoms with Gasteiger partial charge in [0.05, 0.1) is 22.7 Å². The Morgan fingerprint density at radius 2 is 1.71 bits per heavy atom. The summed E-state index contributed by atoms with van der Waals surface area (Å²) in [7, 11) is -2.64. The third-order valence-corrected chi connectivity index (χ3v) is 9.46. The van der Waals surface area contributed by atoms with Crippen LogP contribution in [0.4, 0.5) is 5.69 Å². The van der Waals surface area contributed by atoms with Crippen molar-refractivity contribution in [3.8, 4) is 5.75 Å². The van der Waals surface area contributed by atoms with Crippen molar-refractivity contribution in [3.05, 3.63) is 88.9 Å². The van der Waals surface area contributed by atoms with Gasteiger partial charge in [-0.1, -0.05) is 66.4 Å². The second-order valence-corrected chi connectivity index (χ2v) is 12.6. The Balaban J connectivity index is 1.70. The van der Waals surface area contributed by atoms with E-state index >= 15 is 0 Å². The Kier molecular flexibility index (Phi) is 9.94. The van der Waals surface area contributed by atoms with E-state index in [1.54, 1.807) is 68.6 Å². The van der Waals surface area contributed by atoms with Crippen LogP contribution < -0.4 is 14.4 Å². The maximum Gasteiger partial charge on any atom is 0.264 e. The van der Waals surface area contributed by atoms with Crippen LogP contribution in [-0.2, 0) is 26.2 Å². The first-order valence-corrected chi connectivity index (χ1v) is 15.5. The first-order chi connectivity index (χ1) is 19.6. The van der Waals surface area contributed by atoms with Gasteiger partial charge in [0.2, 0.25) is 11.8 Å². The smallest absolute Gasteiger partial charge is 0.264 e. The minimum absolute atomic E-state index is 0.0298. The zero-order chi connectivity index (χ0) is 29.6. The van der Waals surface area contributed by atoms with Gasteiger partial charge in [0.15, 0.2) is 0 Å². The minimum atomic E-state index is -4.19. The predicted molar refractivity (Wildman–Crippen MR) is 161 cm³/mol. The molecule has 0 aromatic heterocycles. The van der Waals surface area contributed by atoms with E-state index in [2.05, 4.69) is 5.32 Å². The number of sulfonamides is 1. The number of carbonyl (C=O) groups is 2. The van der Waals surface area contributed by atoms with E-state index in [4.69, 9.17) is 16.3 Å². The van der Waals surface area contributed by atoms with Gasteiger partial charge in [0.25, 0.3) is 10.0 Å². The van der Waals surface area contributed by atoms with Crippen LogP contribution in [0.3, 0.4) is 0 Å². The van der Waals surface area contributed by atoms with Crippen molar-refractivity contribution < 1.29 is 22.7 Å². The number of nitrogens with zero attached hydrogens (tertiary/aromatic N) is 2. The first-order valence-electron chi connectivity index (χ1n) is 13.7. The van der Waals surface area contributed by atoms with Crippen LogP contribution in [0.1, 0.15) is 43.7 Å². The van der Waals surface area contributed by atoms with Crippen molar-refractivity contribution in [3.63, 3.8) is 0 Å². The van der Waals surface area contributed by atoms with Gasteiger partial charge >= 0.3 is 0 Å². The van der Waals surface area contributed by atoms with E-state index in [-0.39, 0.29) is 34.1 Å². The summed E-state index contributed by atoms with van der Waals surface area (Å²) in [5.74, 6) is -0.214. The highest BCUT2D eigenvalue weighted by atomic mass is 35.5. The fourth-order valence-electron chi connectivity index (χ4n) is 4.95. The van der Waals surface area contributed by atoms with Crippen LogP contribution in [0.5, 0.6) is 5.75 Å². The van der Waals surface area contributed by atoms with Gasteiger partial charge in [-0.2, -0.15) is 0 Å². The van der Waals surface area contributed by atoms with Crippen LogP contribution in [-0.4, -0.2) is 50.9 Å². The number of rotatable bonds is 11. The molecule has 41 heavy (non-hydrogen) atoms. The van der Waals surface area contributed by atoms with Crippen molar-refractivity contribution in [1.82, 2.24) is 10.2 Å². The van der Waals surface area contributed by atoms with Gasteiger partial charge in [-0.25, -0.2) is 8.42 Å². The molecule has 0 aliphatic heterocycles. The largest absolute Gasteiger partial charge is 0.497 e. The Hall–Kier alpha value is -3.56. The molecule has 0 bridgehead atoms. The van der Waals surface area contributed by atoms with Crippen LogP contribution in [0.15, 0.2) is 77.7 Å². The van der Waals surface area contributed by atoms with Crippen LogP contribution in [0.2, 0.25) is 5.02 Å². The summed E-state index contributed by atoms with van der Waals surface area (Å²) in [6.45, 7) is 3.05. The van der Waals surface area contributed by atoms with Gasteiger partial charge in [0, 0.05) is 12.6 Å². The molecule has 10 heteroatoms. The lowest BCUT2D eigenvalue weighted by Crippen LogP contribution is -2.52. The molecule has 1 N–H and O–H groups in total. The molecule has 1 atom stereocenters. The number of carbonyl (C=O) groups excluding carboxylic acids is 2. The zero-order valence-electron chi connectivity index (χ0n) is 23.5. The number of ether oxygens (including phenoxy) is 1. The van der Waals surface area contributed by atoms with E-state index in [0.29, 0.717) is 5.75 Å². The van der Waals surface area contributed by atoms with E-state index in [0.717, 1.165) is 41.1 Å². The fourth-order valence-corrected chi connectivity index (χ4v) is 6.67. The number of benzene rings is 3. The molecule has 1 aliphatic rings. The lowest BCUT2D eigenvalue weighted by molar-refractivity contribution is -0.139. The number of hydrogen-bond acceptors (Lipinski definition) is 5. The Labute approximate surface area is 247 Å². The van der Waals surface area contributed by atoms with Crippen molar-refractivity contribution in [1.29, 1.82) is 0 Å². The Bertz CT molecular complexity index is 1470. The number of hydrogen-bond donors (Lipinski definition) is 1. The third kappa shape index (κ3) is 7.40. The molecule has 0 saturated heterocycles. The number of anilines is 1. The number of amides is 2. The first kappa shape index (κ1) is 30.4. The van der Waals surface area contributed by atoms with Crippen LogP contribution in [0.25, 0.3) is 0 Å². The monoisotopic (exact) mass is 597 g/mol. The van der Waals surface area contributed by atoms with E-state index in [1.807, 2.05) is 13.0 Å². The number of nitrogens with one attached hydrogen (secondary N) is 1. The predicted octanol–water partition coefficient (Wildman–Crippen LogP) is 5.33. The average molecular weight is 598 g/mol. The van der Waals surface area contributed by atoms with Crippen molar-refractivity contribution in [2.45, 2.75) is 63.1 Å². The summed E-state index contributed by atoms with van der Waals surface area (Å²) in [4.78, 5) is 28.9. The molecule has 3 aromatic rings. The molecular formula is C31H36ClN3O5S. The standard InChI is InChI=1S/C31H36ClN3O5S/c1-22-15-17-27(18-16-22)41(38,39)35(29-14-7-6-13-28(29)32)21-30(36)34(20-24-9-8-12-26(19-24)40-3)23(2)31(37)33-25-10-4-5-11-25/h6-9,12-19,23,25H,4-5,10-11,20-21H2,1-3H3,(H,33,37)/t23-/m1/s1. The van der Waals surface area contributed by atoms with Gasteiger partial charge in [-0.05, 0) is 68.7 Å². The van der Waals surface area contributed by atoms with Crippen molar-refractivity contribution in [2.75, 3.05) is 18.0 Å². The number of halogens is 1. The highest BCUT2D eigenvalue weighted by Crippen LogP contribution is 2.31. The summed E-state index contributed by atoms with van der Waals surface area (Å²) in [5, 5.41) is 3.25. The van der Waals surface area contributed by atoms with Crippen molar-refractivity contribution in [2.24, 2.45) is 0 Å². The highest BCUT2D eigenvalue weighted by molar-refractivity contribution is 7.92. The molecular weight excluding hydrogens is 562 g/mol. The number of para-hydroxylation sites is 1. The maximum absolute atomic E-state index is 14.1. The van der Waals surface area contributed by atoms with Crippen LogP contribution >= 0.6 is 11.6 Å². The summed E-state index contributed by atoms with van der Waals surface area (Å²) in [6, 6.07) is 19.3. The van der Waals surface area contributed by atoms with Crippen molar-refractivity contribution >= 4 is 39.1 Å². The lowest BCUT2D eigenvalue weighted by Gasteiger charge is -2.32. The molecule has 8 nitrogen and oxygen atoms in total. The SMILES string of the molecule is COc1cccc(CN(C(=O)CN(c2ccccc2Cl)S(=O)(=O)c2ccc(C)cc2)[C@H](C)C(=O)NC2CCCC2)c1. The molecule has 3 aromatic carbocycles. The molecule has 1 aliphatic carbocycles. The van der Waals surface area contributed by atoms with Gasteiger partial charge < -0.3 is 15.0 Å². The van der Waals surface area contributed by atoms with Crippen LogP contribution in [0, 0.1) is 6.92 Å². The van der Waals surface area contributed by atoms with E-state index < -0.39 is 28.5 Å². The quantitative estimate of drug-likeness (QED) is 0.322. The number of methoxy groups -OCH3 is 1. The summed E-state index contributed by atoms with van der Waals surface area (Å²) < 4.78 is 34.2.